The van der Waals surface area contributed by atoms with Gasteiger partial charge in [-0.2, -0.15) is 20.5 Å². The van der Waals surface area contributed by atoms with E-state index in [1.165, 1.54) is 7.11 Å². The third-order valence-corrected chi connectivity index (χ3v) is 4.98. The molecule has 2 rings (SSSR count). The van der Waals surface area contributed by atoms with Crippen molar-refractivity contribution in [1.29, 1.82) is 0 Å². The fraction of sp³-hybridized carbons (Fsp3) is 0.600. The molecule has 1 aliphatic heterocycles. The summed E-state index contributed by atoms with van der Waals surface area (Å²) in [5.41, 5.74) is 1.06. The van der Waals surface area contributed by atoms with Gasteiger partial charge in [0.05, 0.1) is 7.11 Å². The standard InChI is InChI=1S/C15H21F2NO2S/c1-15(2)7-11(8-21-9-15)18-10-4-5-12(19-3)13(6-10)20-14(16)17/h4-6,11,14,18H,7-9H2,1-3H3. The smallest absolute Gasteiger partial charge is 0.387 e. The normalized spacial score (nSPS) is 21.1. The van der Waals surface area contributed by atoms with E-state index in [1.54, 1.807) is 12.1 Å². The van der Waals surface area contributed by atoms with Crippen molar-refractivity contribution < 1.29 is 18.3 Å². The molecule has 1 heterocycles. The summed E-state index contributed by atoms with van der Waals surface area (Å²) in [7, 11) is 1.43. The number of halogens is 2. The maximum atomic E-state index is 12.4. The molecular formula is C15H21F2NO2S. The zero-order valence-corrected chi connectivity index (χ0v) is 13.3. The second-order valence-corrected chi connectivity index (χ2v) is 7.00. The van der Waals surface area contributed by atoms with E-state index in [1.807, 2.05) is 17.8 Å². The maximum absolute atomic E-state index is 12.4. The van der Waals surface area contributed by atoms with Crippen LogP contribution in [0.25, 0.3) is 0 Å². The highest BCUT2D eigenvalue weighted by Crippen LogP contribution is 2.36. The Morgan fingerprint density at radius 2 is 2.10 bits per heavy atom. The predicted octanol–water partition coefficient (Wildman–Crippen LogP) is 4.24. The van der Waals surface area contributed by atoms with Crippen LogP contribution in [0.4, 0.5) is 14.5 Å². The van der Waals surface area contributed by atoms with Crippen LogP contribution in [0.5, 0.6) is 11.5 Å². The van der Waals surface area contributed by atoms with Gasteiger partial charge >= 0.3 is 6.61 Å². The number of nitrogens with one attached hydrogen (secondary N) is 1. The van der Waals surface area contributed by atoms with Crippen LogP contribution in [0, 0.1) is 5.41 Å². The highest BCUT2D eigenvalue weighted by molar-refractivity contribution is 7.99. The number of hydrogen-bond acceptors (Lipinski definition) is 4. The summed E-state index contributed by atoms with van der Waals surface area (Å²) >= 11 is 1.91. The topological polar surface area (TPSA) is 30.5 Å². The Morgan fingerprint density at radius 1 is 1.33 bits per heavy atom. The van der Waals surface area contributed by atoms with Gasteiger partial charge in [-0.25, -0.2) is 0 Å². The number of benzene rings is 1. The number of alkyl halides is 2. The average Bonchev–Trinajstić information content (AvgIpc) is 2.37. The van der Waals surface area contributed by atoms with Crippen molar-refractivity contribution >= 4 is 17.4 Å². The molecule has 1 aromatic rings. The predicted molar refractivity (Wildman–Crippen MR) is 82.8 cm³/mol. The first-order valence-electron chi connectivity index (χ1n) is 6.87. The molecule has 21 heavy (non-hydrogen) atoms. The van der Waals surface area contributed by atoms with Crippen molar-refractivity contribution in [2.24, 2.45) is 5.41 Å². The van der Waals surface area contributed by atoms with Gasteiger partial charge in [-0.05, 0) is 29.7 Å². The van der Waals surface area contributed by atoms with Crippen LogP contribution in [-0.2, 0) is 0 Å². The number of hydrogen-bond donors (Lipinski definition) is 1. The number of rotatable bonds is 5. The van der Waals surface area contributed by atoms with E-state index >= 15 is 0 Å². The van der Waals surface area contributed by atoms with Crippen LogP contribution in [0.15, 0.2) is 18.2 Å². The minimum absolute atomic E-state index is 0.0558. The third kappa shape index (κ3) is 4.66. The van der Waals surface area contributed by atoms with Gasteiger partial charge in [0.15, 0.2) is 11.5 Å². The number of thioether (sulfide) groups is 1. The Labute approximate surface area is 128 Å². The summed E-state index contributed by atoms with van der Waals surface area (Å²) in [6.45, 7) is 1.62. The Hall–Kier alpha value is -1.17. The molecule has 1 saturated heterocycles. The molecule has 0 amide bonds. The van der Waals surface area contributed by atoms with E-state index in [9.17, 15) is 8.78 Å². The minimum Gasteiger partial charge on any atom is -0.493 e. The van der Waals surface area contributed by atoms with Crippen LogP contribution in [0.2, 0.25) is 0 Å². The monoisotopic (exact) mass is 317 g/mol. The first-order valence-corrected chi connectivity index (χ1v) is 8.02. The molecule has 0 aliphatic carbocycles. The van der Waals surface area contributed by atoms with Crippen molar-refractivity contribution in [2.75, 3.05) is 23.9 Å². The highest BCUT2D eigenvalue weighted by Gasteiger charge is 2.28. The fourth-order valence-electron chi connectivity index (χ4n) is 2.55. The summed E-state index contributed by atoms with van der Waals surface area (Å²) in [4.78, 5) is 0. The molecule has 3 nitrogen and oxygen atoms in total. The van der Waals surface area contributed by atoms with Crippen molar-refractivity contribution in [3.05, 3.63) is 18.2 Å². The molecule has 0 radical (unpaired) electrons. The Bertz CT molecular complexity index is 483. The van der Waals surface area contributed by atoms with E-state index in [0.717, 1.165) is 23.6 Å². The van der Waals surface area contributed by atoms with Crippen LogP contribution >= 0.6 is 11.8 Å². The average molecular weight is 317 g/mol. The van der Waals surface area contributed by atoms with Gasteiger partial charge in [0.2, 0.25) is 0 Å². The lowest BCUT2D eigenvalue weighted by Crippen LogP contribution is -2.35. The van der Waals surface area contributed by atoms with Crippen LogP contribution in [0.1, 0.15) is 20.3 Å². The molecule has 118 valence electrons. The number of anilines is 1. The van der Waals surface area contributed by atoms with E-state index in [0.29, 0.717) is 11.8 Å². The van der Waals surface area contributed by atoms with Gasteiger partial charge in [-0.3, -0.25) is 0 Å². The lowest BCUT2D eigenvalue weighted by Gasteiger charge is -2.35. The summed E-state index contributed by atoms with van der Waals surface area (Å²) < 4.78 is 34.4. The molecular weight excluding hydrogens is 296 g/mol. The van der Waals surface area contributed by atoms with E-state index in [-0.39, 0.29) is 11.2 Å². The van der Waals surface area contributed by atoms with Crippen molar-refractivity contribution in [3.63, 3.8) is 0 Å². The molecule has 1 aromatic carbocycles. The third-order valence-electron chi connectivity index (χ3n) is 3.36. The van der Waals surface area contributed by atoms with Crippen LogP contribution in [-0.4, -0.2) is 31.3 Å². The molecule has 1 unspecified atom stereocenters. The van der Waals surface area contributed by atoms with E-state index in [4.69, 9.17) is 4.74 Å². The molecule has 0 aromatic heterocycles. The molecule has 6 heteroatoms. The highest BCUT2D eigenvalue weighted by atomic mass is 32.2. The zero-order valence-electron chi connectivity index (χ0n) is 12.5. The van der Waals surface area contributed by atoms with E-state index < -0.39 is 6.61 Å². The SMILES string of the molecule is COc1ccc(NC2CSCC(C)(C)C2)cc1OC(F)F. The lowest BCUT2D eigenvalue weighted by atomic mass is 9.88. The van der Waals surface area contributed by atoms with Gasteiger partial charge in [-0.15, -0.1) is 0 Å². The van der Waals surface area contributed by atoms with Crippen LogP contribution < -0.4 is 14.8 Å². The van der Waals surface area contributed by atoms with Gasteiger partial charge in [0, 0.05) is 23.5 Å². The van der Waals surface area contributed by atoms with Crippen molar-refractivity contribution in [3.8, 4) is 11.5 Å². The largest absolute Gasteiger partial charge is 0.493 e. The molecule has 0 saturated carbocycles. The molecule has 1 atom stereocenters. The first kappa shape index (κ1) is 16.2. The van der Waals surface area contributed by atoms with Crippen molar-refractivity contribution in [2.45, 2.75) is 32.9 Å². The quantitative estimate of drug-likeness (QED) is 0.880. The van der Waals surface area contributed by atoms with Gasteiger partial charge in [0.1, 0.15) is 0 Å². The molecule has 0 spiro atoms. The lowest BCUT2D eigenvalue weighted by molar-refractivity contribution is -0.0511. The number of methoxy groups -OCH3 is 1. The summed E-state index contributed by atoms with van der Waals surface area (Å²) in [6.07, 6.45) is 1.05. The maximum Gasteiger partial charge on any atom is 0.387 e. The fourth-order valence-corrected chi connectivity index (χ4v) is 3.82. The molecule has 1 fully saturated rings. The second kappa shape index (κ2) is 6.73. The molecule has 1 aliphatic rings. The summed E-state index contributed by atoms with van der Waals surface area (Å²) in [5, 5.41) is 3.40. The first-order chi connectivity index (χ1) is 9.89. The summed E-state index contributed by atoms with van der Waals surface area (Å²) in [6, 6.07) is 5.36. The van der Waals surface area contributed by atoms with Gasteiger partial charge in [0.25, 0.3) is 0 Å². The minimum atomic E-state index is -2.86. The molecule has 1 N–H and O–H groups in total. The second-order valence-electron chi connectivity index (χ2n) is 5.97. The van der Waals surface area contributed by atoms with E-state index in [2.05, 4.69) is 23.9 Å². The molecule has 0 bridgehead atoms. The Kier molecular flexibility index (Phi) is 5.19. The van der Waals surface area contributed by atoms with Crippen LogP contribution in [0.3, 0.4) is 0 Å². The summed E-state index contributed by atoms with van der Waals surface area (Å²) in [5.74, 6) is 2.52. The Morgan fingerprint density at radius 3 is 2.71 bits per heavy atom. The van der Waals surface area contributed by atoms with Gasteiger partial charge in [-0.1, -0.05) is 13.8 Å². The Balaban J connectivity index is 2.09. The number of ether oxygens (including phenoxy) is 2. The van der Waals surface area contributed by atoms with Gasteiger partial charge < -0.3 is 14.8 Å². The van der Waals surface area contributed by atoms with Crippen molar-refractivity contribution in [1.82, 2.24) is 0 Å². The zero-order chi connectivity index (χ0) is 15.5.